The monoisotopic (exact) mass is 339 g/mol. The Hall–Kier alpha value is -1.93. The van der Waals surface area contributed by atoms with E-state index in [1.54, 1.807) is 19.9 Å². The Morgan fingerprint density at radius 2 is 1.87 bits per heavy atom. The molecule has 0 N–H and O–H groups in total. The smallest absolute Gasteiger partial charge is 0.248 e. The molecule has 1 saturated heterocycles. The second-order valence-corrected chi connectivity index (χ2v) is 7.40. The zero-order valence-corrected chi connectivity index (χ0v) is 13.8. The van der Waals surface area contributed by atoms with Gasteiger partial charge in [-0.3, -0.25) is 0 Å². The molecule has 1 aromatic carbocycles. The molecule has 124 valence electrons. The first-order valence-corrected chi connectivity index (χ1v) is 8.77. The number of rotatable bonds is 3. The van der Waals surface area contributed by atoms with Crippen LogP contribution in [0, 0.1) is 19.7 Å². The number of benzene rings is 1. The highest BCUT2D eigenvalue weighted by Crippen LogP contribution is 2.25. The van der Waals surface area contributed by atoms with E-state index in [1.165, 1.54) is 16.4 Å². The van der Waals surface area contributed by atoms with E-state index in [0.29, 0.717) is 37.6 Å². The standard InChI is InChI=1S/C15H18FN3O3S/c1-11-15(12(2)22-17-11)23(20,21)19-8-6-18(7-9-19)14-5-3-4-13(16)10-14/h3-5,10H,6-9H2,1-2H3. The predicted octanol–water partition coefficient (Wildman–Crippen LogP) is 1.94. The molecule has 0 bridgehead atoms. The van der Waals surface area contributed by atoms with Gasteiger partial charge in [-0.15, -0.1) is 0 Å². The van der Waals surface area contributed by atoms with Gasteiger partial charge in [0.1, 0.15) is 16.4 Å². The summed E-state index contributed by atoms with van der Waals surface area (Å²) in [5.41, 5.74) is 1.13. The van der Waals surface area contributed by atoms with Crippen molar-refractivity contribution in [3.8, 4) is 0 Å². The molecule has 0 radical (unpaired) electrons. The highest BCUT2D eigenvalue weighted by Gasteiger charge is 2.33. The number of hydrogen-bond donors (Lipinski definition) is 0. The molecule has 1 aromatic heterocycles. The fourth-order valence-corrected chi connectivity index (χ4v) is 4.54. The second kappa shape index (κ2) is 5.93. The summed E-state index contributed by atoms with van der Waals surface area (Å²) < 4.78 is 45.2. The molecular formula is C15H18FN3O3S. The number of anilines is 1. The lowest BCUT2D eigenvalue weighted by atomic mass is 10.2. The summed E-state index contributed by atoms with van der Waals surface area (Å²) in [7, 11) is -3.62. The van der Waals surface area contributed by atoms with Gasteiger partial charge in [0.05, 0.1) is 0 Å². The highest BCUT2D eigenvalue weighted by atomic mass is 32.2. The van der Waals surface area contributed by atoms with Crippen molar-refractivity contribution in [1.82, 2.24) is 9.46 Å². The zero-order chi connectivity index (χ0) is 16.6. The Bertz CT molecular complexity index is 792. The summed E-state index contributed by atoms with van der Waals surface area (Å²) in [6, 6.07) is 6.32. The number of piperazine rings is 1. The maximum Gasteiger partial charge on any atom is 0.248 e. The van der Waals surface area contributed by atoms with Gasteiger partial charge in [0.2, 0.25) is 10.0 Å². The SMILES string of the molecule is Cc1noc(C)c1S(=O)(=O)N1CCN(c2cccc(F)c2)CC1. The average molecular weight is 339 g/mol. The third-order valence-corrected chi connectivity index (χ3v) is 6.12. The molecule has 2 aromatic rings. The Labute approximate surface area is 134 Å². The molecule has 3 rings (SSSR count). The molecule has 1 aliphatic rings. The maximum atomic E-state index is 13.3. The lowest BCUT2D eigenvalue weighted by Crippen LogP contribution is -2.48. The average Bonchev–Trinajstić information content (AvgIpc) is 2.87. The molecule has 0 amide bonds. The summed E-state index contributed by atoms with van der Waals surface area (Å²) in [5.74, 6) is 0.00309. The van der Waals surface area contributed by atoms with Crippen molar-refractivity contribution in [2.45, 2.75) is 18.7 Å². The van der Waals surface area contributed by atoms with Crippen LogP contribution >= 0.6 is 0 Å². The maximum absolute atomic E-state index is 13.3. The minimum absolute atomic E-state index is 0.150. The Morgan fingerprint density at radius 3 is 2.43 bits per heavy atom. The van der Waals surface area contributed by atoms with Crippen molar-refractivity contribution in [1.29, 1.82) is 0 Å². The molecule has 8 heteroatoms. The summed E-state index contributed by atoms with van der Waals surface area (Å²) in [5, 5.41) is 3.72. The number of aromatic nitrogens is 1. The number of sulfonamides is 1. The van der Waals surface area contributed by atoms with Crippen LogP contribution in [0.4, 0.5) is 10.1 Å². The molecule has 0 spiro atoms. The third-order valence-electron chi connectivity index (χ3n) is 3.98. The fraction of sp³-hybridized carbons (Fsp3) is 0.400. The molecule has 6 nitrogen and oxygen atoms in total. The van der Waals surface area contributed by atoms with Gasteiger partial charge >= 0.3 is 0 Å². The van der Waals surface area contributed by atoms with Crippen LogP contribution in [0.1, 0.15) is 11.5 Å². The summed E-state index contributed by atoms with van der Waals surface area (Å²) >= 11 is 0. The van der Waals surface area contributed by atoms with E-state index in [9.17, 15) is 12.8 Å². The van der Waals surface area contributed by atoms with Crippen LogP contribution in [0.2, 0.25) is 0 Å². The molecule has 2 heterocycles. The molecule has 0 unspecified atom stereocenters. The molecule has 1 fully saturated rings. The minimum atomic E-state index is -3.62. The number of aryl methyl sites for hydroxylation is 2. The first kappa shape index (κ1) is 15.9. The Balaban J connectivity index is 1.76. The van der Waals surface area contributed by atoms with Crippen LogP contribution in [-0.2, 0) is 10.0 Å². The second-order valence-electron chi connectivity index (χ2n) is 5.52. The lowest BCUT2D eigenvalue weighted by Gasteiger charge is -2.35. The van der Waals surface area contributed by atoms with Crippen LogP contribution < -0.4 is 4.90 Å². The lowest BCUT2D eigenvalue weighted by molar-refractivity contribution is 0.378. The van der Waals surface area contributed by atoms with Crippen molar-refractivity contribution < 1.29 is 17.3 Å². The molecule has 0 saturated carbocycles. The summed E-state index contributed by atoms with van der Waals surface area (Å²) in [6.45, 7) is 4.90. The summed E-state index contributed by atoms with van der Waals surface area (Å²) in [4.78, 5) is 2.12. The van der Waals surface area contributed by atoms with Crippen LogP contribution in [0.15, 0.2) is 33.7 Å². The van der Waals surface area contributed by atoms with Crippen molar-refractivity contribution in [2.24, 2.45) is 0 Å². The van der Waals surface area contributed by atoms with Gasteiger partial charge in [-0.1, -0.05) is 11.2 Å². The van der Waals surface area contributed by atoms with E-state index in [0.717, 1.165) is 5.69 Å². The van der Waals surface area contributed by atoms with Gasteiger partial charge < -0.3 is 9.42 Å². The minimum Gasteiger partial charge on any atom is -0.369 e. The van der Waals surface area contributed by atoms with Gasteiger partial charge in [-0.05, 0) is 32.0 Å². The van der Waals surface area contributed by atoms with Crippen molar-refractivity contribution >= 4 is 15.7 Å². The Kier molecular flexibility index (Phi) is 4.11. The van der Waals surface area contributed by atoms with Crippen molar-refractivity contribution in [2.75, 3.05) is 31.1 Å². The van der Waals surface area contributed by atoms with E-state index < -0.39 is 10.0 Å². The van der Waals surface area contributed by atoms with E-state index in [2.05, 4.69) is 5.16 Å². The Morgan fingerprint density at radius 1 is 1.17 bits per heavy atom. The van der Waals surface area contributed by atoms with Crippen LogP contribution in [0.25, 0.3) is 0 Å². The van der Waals surface area contributed by atoms with Gasteiger partial charge in [0.15, 0.2) is 5.76 Å². The van der Waals surface area contributed by atoms with E-state index in [4.69, 9.17) is 4.52 Å². The summed E-state index contributed by atoms with van der Waals surface area (Å²) in [6.07, 6.45) is 0. The molecular weight excluding hydrogens is 321 g/mol. The number of hydrogen-bond acceptors (Lipinski definition) is 5. The molecule has 23 heavy (non-hydrogen) atoms. The quantitative estimate of drug-likeness (QED) is 0.855. The van der Waals surface area contributed by atoms with E-state index in [1.807, 2.05) is 11.0 Å². The van der Waals surface area contributed by atoms with Crippen molar-refractivity contribution in [3.63, 3.8) is 0 Å². The topological polar surface area (TPSA) is 66.7 Å². The number of nitrogens with zero attached hydrogens (tertiary/aromatic N) is 3. The van der Waals surface area contributed by atoms with E-state index >= 15 is 0 Å². The van der Waals surface area contributed by atoms with Gasteiger partial charge in [-0.2, -0.15) is 4.31 Å². The zero-order valence-electron chi connectivity index (χ0n) is 13.0. The fourth-order valence-electron chi connectivity index (χ4n) is 2.83. The van der Waals surface area contributed by atoms with E-state index in [-0.39, 0.29) is 10.7 Å². The molecule has 0 atom stereocenters. The van der Waals surface area contributed by atoms with Gasteiger partial charge in [0.25, 0.3) is 0 Å². The van der Waals surface area contributed by atoms with Gasteiger partial charge in [0, 0.05) is 31.9 Å². The van der Waals surface area contributed by atoms with Crippen LogP contribution in [0.3, 0.4) is 0 Å². The third kappa shape index (κ3) is 2.96. The number of halogens is 1. The predicted molar refractivity (Wildman–Crippen MR) is 83.3 cm³/mol. The van der Waals surface area contributed by atoms with Crippen molar-refractivity contribution in [3.05, 3.63) is 41.5 Å². The first-order chi connectivity index (χ1) is 10.9. The highest BCUT2D eigenvalue weighted by molar-refractivity contribution is 7.89. The largest absolute Gasteiger partial charge is 0.369 e. The van der Waals surface area contributed by atoms with Crippen LogP contribution in [0.5, 0.6) is 0 Å². The van der Waals surface area contributed by atoms with Gasteiger partial charge in [-0.25, -0.2) is 12.8 Å². The molecule has 0 aliphatic carbocycles. The van der Waals surface area contributed by atoms with Crippen LogP contribution in [-0.4, -0.2) is 44.1 Å². The first-order valence-electron chi connectivity index (χ1n) is 7.33. The normalized spacial score (nSPS) is 16.7. The molecule has 1 aliphatic heterocycles.